The molecular weight excluding hydrogens is 251 g/mol. The first-order chi connectivity index (χ1) is 9.11. The normalized spacial score (nSPS) is 19.3. The molecule has 1 aliphatic heterocycles. The van der Waals surface area contributed by atoms with Crippen molar-refractivity contribution in [3.8, 4) is 0 Å². The van der Waals surface area contributed by atoms with Crippen LogP contribution in [0, 0.1) is 12.7 Å². The molecule has 1 aromatic carbocycles. The molecule has 1 fully saturated rings. The maximum absolute atomic E-state index is 13.6. The number of hydrogen-bond donors (Lipinski definition) is 2. The molecule has 0 radical (unpaired) electrons. The van der Waals surface area contributed by atoms with Gasteiger partial charge in [0, 0.05) is 6.54 Å². The van der Waals surface area contributed by atoms with Crippen molar-refractivity contribution in [1.29, 1.82) is 0 Å². The zero-order chi connectivity index (χ0) is 13.8. The number of benzene rings is 1. The van der Waals surface area contributed by atoms with Gasteiger partial charge in [-0.05, 0) is 24.6 Å². The molecule has 0 aromatic heterocycles. The van der Waals surface area contributed by atoms with Crippen LogP contribution in [0.2, 0.25) is 0 Å². The number of nitrogens with zero attached hydrogens (tertiary/aromatic N) is 1. The fourth-order valence-corrected chi connectivity index (χ4v) is 2.00. The van der Waals surface area contributed by atoms with Crippen LogP contribution < -0.4 is 5.32 Å². The third-order valence-corrected chi connectivity index (χ3v) is 3.06. The van der Waals surface area contributed by atoms with Crippen LogP contribution >= 0.6 is 0 Å². The minimum absolute atomic E-state index is 0.146. The average Bonchev–Trinajstić information content (AvgIpc) is 2.42. The first-order valence-corrected chi connectivity index (χ1v) is 6.14. The summed E-state index contributed by atoms with van der Waals surface area (Å²) in [6.07, 6.45) is 0. The molecule has 1 saturated heterocycles. The number of halogens is 1. The monoisotopic (exact) mass is 268 g/mol. The van der Waals surface area contributed by atoms with Gasteiger partial charge < -0.3 is 20.1 Å². The van der Waals surface area contributed by atoms with E-state index in [0.29, 0.717) is 19.8 Å². The first kappa shape index (κ1) is 13.8. The van der Waals surface area contributed by atoms with Crippen molar-refractivity contribution in [1.82, 2.24) is 4.90 Å². The van der Waals surface area contributed by atoms with Crippen LogP contribution in [0.5, 0.6) is 0 Å². The van der Waals surface area contributed by atoms with Gasteiger partial charge in [-0.2, -0.15) is 0 Å². The molecule has 0 aliphatic carbocycles. The quantitative estimate of drug-likeness (QED) is 0.851. The minimum Gasteiger partial charge on any atom is -0.394 e. The second-order valence-electron chi connectivity index (χ2n) is 4.52. The average molecular weight is 268 g/mol. The number of aliphatic hydroxyl groups excluding tert-OH is 1. The minimum atomic E-state index is -0.479. The molecule has 1 heterocycles. The van der Waals surface area contributed by atoms with Crippen LogP contribution in [0.15, 0.2) is 18.2 Å². The van der Waals surface area contributed by atoms with Gasteiger partial charge in [-0.1, -0.05) is 6.07 Å². The van der Waals surface area contributed by atoms with Crippen LogP contribution in [0.4, 0.5) is 14.9 Å². The van der Waals surface area contributed by atoms with Crippen molar-refractivity contribution >= 4 is 11.7 Å². The van der Waals surface area contributed by atoms with E-state index in [-0.39, 0.29) is 18.3 Å². The van der Waals surface area contributed by atoms with Crippen LogP contribution in [-0.4, -0.2) is 48.4 Å². The van der Waals surface area contributed by atoms with Crippen molar-refractivity contribution in [2.45, 2.75) is 13.0 Å². The van der Waals surface area contributed by atoms with E-state index in [4.69, 9.17) is 4.74 Å². The smallest absolute Gasteiger partial charge is 0.322 e. The molecule has 1 aromatic rings. The van der Waals surface area contributed by atoms with Gasteiger partial charge in [-0.25, -0.2) is 9.18 Å². The topological polar surface area (TPSA) is 61.8 Å². The number of rotatable bonds is 2. The molecule has 104 valence electrons. The highest BCUT2D eigenvalue weighted by Gasteiger charge is 2.27. The van der Waals surface area contributed by atoms with E-state index in [1.54, 1.807) is 12.1 Å². The van der Waals surface area contributed by atoms with Crippen LogP contribution in [0.3, 0.4) is 0 Å². The molecule has 2 N–H and O–H groups in total. The molecule has 2 amide bonds. The summed E-state index contributed by atoms with van der Waals surface area (Å²) in [6.45, 7) is 2.73. The maximum Gasteiger partial charge on any atom is 0.322 e. The summed E-state index contributed by atoms with van der Waals surface area (Å²) in [5.74, 6) is -0.479. The third-order valence-electron chi connectivity index (χ3n) is 3.06. The van der Waals surface area contributed by atoms with E-state index in [1.165, 1.54) is 11.0 Å². The van der Waals surface area contributed by atoms with Gasteiger partial charge in [0.1, 0.15) is 5.82 Å². The molecular formula is C13H17FN2O3. The molecule has 5 nitrogen and oxygen atoms in total. The summed E-state index contributed by atoms with van der Waals surface area (Å²) in [7, 11) is 0. The van der Waals surface area contributed by atoms with Crippen LogP contribution in [0.1, 0.15) is 5.56 Å². The van der Waals surface area contributed by atoms with E-state index >= 15 is 0 Å². The van der Waals surface area contributed by atoms with E-state index in [1.807, 2.05) is 6.92 Å². The summed E-state index contributed by atoms with van der Waals surface area (Å²) in [5.41, 5.74) is 1.01. The van der Waals surface area contributed by atoms with Crippen molar-refractivity contribution in [2.24, 2.45) is 0 Å². The van der Waals surface area contributed by atoms with Crippen molar-refractivity contribution in [3.05, 3.63) is 29.6 Å². The number of morpholine rings is 1. The Hall–Kier alpha value is -1.66. The first-order valence-electron chi connectivity index (χ1n) is 6.14. The van der Waals surface area contributed by atoms with Crippen LogP contribution in [0.25, 0.3) is 0 Å². The van der Waals surface area contributed by atoms with Crippen molar-refractivity contribution in [2.75, 3.05) is 31.7 Å². The predicted molar refractivity (Wildman–Crippen MR) is 68.6 cm³/mol. The van der Waals surface area contributed by atoms with Gasteiger partial charge >= 0.3 is 6.03 Å². The highest BCUT2D eigenvalue weighted by atomic mass is 19.1. The summed E-state index contributed by atoms with van der Waals surface area (Å²) in [4.78, 5) is 13.5. The number of urea groups is 1. The molecule has 2 rings (SSSR count). The largest absolute Gasteiger partial charge is 0.394 e. The summed E-state index contributed by atoms with van der Waals surface area (Å²) in [5, 5.41) is 11.7. The summed E-state index contributed by atoms with van der Waals surface area (Å²) >= 11 is 0. The zero-order valence-corrected chi connectivity index (χ0v) is 10.7. The Morgan fingerprint density at radius 3 is 3.16 bits per heavy atom. The van der Waals surface area contributed by atoms with Crippen molar-refractivity contribution in [3.63, 3.8) is 0 Å². The lowest BCUT2D eigenvalue weighted by Crippen LogP contribution is -2.52. The number of hydrogen-bond acceptors (Lipinski definition) is 3. The number of amides is 2. The maximum atomic E-state index is 13.6. The second-order valence-corrected chi connectivity index (χ2v) is 4.52. The van der Waals surface area contributed by atoms with Gasteiger partial charge in [-0.3, -0.25) is 0 Å². The lowest BCUT2D eigenvalue weighted by Gasteiger charge is -2.34. The number of anilines is 1. The second kappa shape index (κ2) is 5.99. The van der Waals surface area contributed by atoms with E-state index in [0.717, 1.165) is 5.56 Å². The van der Waals surface area contributed by atoms with Gasteiger partial charge in [0.2, 0.25) is 0 Å². The number of carbonyl (C=O) groups excluding carboxylic acids is 1. The van der Waals surface area contributed by atoms with Gasteiger partial charge in [-0.15, -0.1) is 0 Å². The van der Waals surface area contributed by atoms with Gasteiger partial charge in [0.25, 0.3) is 0 Å². The van der Waals surface area contributed by atoms with Crippen molar-refractivity contribution < 1.29 is 19.0 Å². The molecule has 0 spiro atoms. The zero-order valence-electron chi connectivity index (χ0n) is 10.7. The Labute approximate surface area is 111 Å². The number of ether oxygens (including phenoxy) is 1. The Kier molecular flexibility index (Phi) is 4.34. The molecule has 6 heteroatoms. The fraction of sp³-hybridized carbons (Fsp3) is 0.462. The van der Waals surface area contributed by atoms with E-state index in [9.17, 15) is 14.3 Å². The number of aryl methyl sites for hydroxylation is 1. The highest BCUT2D eigenvalue weighted by molar-refractivity contribution is 5.89. The Bertz CT molecular complexity index is 467. The SMILES string of the molecule is Cc1ccc(F)c(NC(=O)N2CCOC[C@@H]2CO)c1. The Balaban J connectivity index is 2.09. The van der Waals surface area contributed by atoms with E-state index in [2.05, 4.69) is 5.32 Å². The predicted octanol–water partition coefficient (Wildman–Crippen LogP) is 1.36. The van der Waals surface area contributed by atoms with Gasteiger partial charge in [0.05, 0.1) is 31.5 Å². The summed E-state index contributed by atoms with van der Waals surface area (Å²) < 4.78 is 18.8. The lowest BCUT2D eigenvalue weighted by atomic mass is 10.2. The molecule has 0 saturated carbocycles. The molecule has 0 unspecified atom stereocenters. The summed E-state index contributed by atoms with van der Waals surface area (Å²) in [6, 6.07) is 3.71. The molecule has 0 bridgehead atoms. The molecule has 19 heavy (non-hydrogen) atoms. The Morgan fingerprint density at radius 1 is 1.63 bits per heavy atom. The molecule has 1 aliphatic rings. The highest BCUT2D eigenvalue weighted by Crippen LogP contribution is 2.17. The fourth-order valence-electron chi connectivity index (χ4n) is 2.00. The lowest BCUT2D eigenvalue weighted by molar-refractivity contribution is -0.00486. The third kappa shape index (κ3) is 3.21. The number of aliphatic hydroxyl groups is 1. The molecule has 1 atom stereocenters. The number of nitrogens with one attached hydrogen (secondary N) is 1. The van der Waals surface area contributed by atoms with Gasteiger partial charge in [0.15, 0.2) is 0 Å². The Morgan fingerprint density at radius 2 is 2.42 bits per heavy atom. The van der Waals surface area contributed by atoms with E-state index < -0.39 is 11.8 Å². The number of carbonyl (C=O) groups is 1. The van der Waals surface area contributed by atoms with Crippen LogP contribution in [-0.2, 0) is 4.74 Å². The standard InChI is InChI=1S/C13H17FN2O3/c1-9-2-3-11(14)12(6-9)15-13(18)16-4-5-19-8-10(16)7-17/h2-3,6,10,17H,4-5,7-8H2,1H3,(H,15,18)/t10-/m0/s1.